The van der Waals surface area contributed by atoms with Crippen molar-refractivity contribution in [3.05, 3.63) is 29.3 Å². The summed E-state index contributed by atoms with van der Waals surface area (Å²) in [4.78, 5) is 15.0. The van der Waals surface area contributed by atoms with E-state index in [0.29, 0.717) is 16.1 Å². The predicted molar refractivity (Wildman–Crippen MR) is 84.8 cm³/mol. The van der Waals surface area contributed by atoms with Gasteiger partial charge in [-0.05, 0) is 31.9 Å². The van der Waals surface area contributed by atoms with E-state index in [4.69, 9.17) is 4.74 Å². The van der Waals surface area contributed by atoms with Crippen LogP contribution in [0.5, 0.6) is 5.75 Å². The molecule has 0 aliphatic heterocycles. The molecule has 1 aliphatic carbocycles. The first-order chi connectivity index (χ1) is 9.54. The molecule has 0 spiro atoms. The highest BCUT2D eigenvalue weighted by atomic mass is 79.9. The minimum absolute atomic E-state index is 0.0434. The van der Waals surface area contributed by atoms with Crippen LogP contribution in [0, 0.1) is 6.92 Å². The largest absolute Gasteiger partial charge is 0.496 e. The van der Waals surface area contributed by atoms with Gasteiger partial charge in [-0.25, -0.2) is 0 Å². The Morgan fingerprint density at radius 1 is 1.35 bits per heavy atom. The molecule has 0 N–H and O–H groups in total. The van der Waals surface area contributed by atoms with Crippen LogP contribution in [0.4, 0.5) is 0 Å². The molecule has 2 rings (SSSR count). The maximum Gasteiger partial charge on any atom is 0.257 e. The summed E-state index contributed by atoms with van der Waals surface area (Å²) < 4.78 is 5.33. The lowest BCUT2D eigenvalue weighted by molar-refractivity contribution is 0.0701. The van der Waals surface area contributed by atoms with E-state index >= 15 is 0 Å². The van der Waals surface area contributed by atoms with E-state index in [1.807, 2.05) is 37.1 Å². The monoisotopic (exact) mass is 339 g/mol. The SMILES string of the molecule is COc1ccc(C)cc1C(=O)N(C)C1CCCCC1Br. The van der Waals surface area contributed by atoms with Gasteiger partial charge in [-0.2, -0.15) is 0 Å². The Labute approximate surface area is 129 Å². The third kappa shape index (κ3) is 3.17. The molecule has 1 aromatic rings. The van der Waals surface area contributed by atoms with E-state index in [2.05, 4.69) is 15.9 Å². The van der Waals surface area contributed by atoms with Crippen molar-refractivity contribution in [3.8, 4) is 5.75 Å². The summed E-state index contributed by atoms with van der Waals surface area (Å²) in [7, 11) is 3.50. The van der Waals surface area contributed by atoms with Crippen LogP contribution >= 0.6 is 15.9 Å². The highest BCUT2D eigenvalue weighted by Gasteiger charge is 2.30. The van der Waals surface area contributed by atoms with Crippen molar-refractivity contribution in [2.45, 2.75) is 43.5 Å². The Bertz CT molecular complexity index is 489. The third-order valence-corrected chi connectivity index (χ3v) is 5.12. The quantitative estimate of drug-likeness (QED) is 0.784. The lowest BCUT2D eigenvalue weighted by Gasteiger charge is -2.35. The van der Waals surface area contributed by atoms with Gasteiger partial charge < -0.3 is 9.64 Å². The van der Waals surface area contributed by atoms with E-state index in [9.17, 15) is 4.79 Å². The highest BCUT2D eigenvalue weighted by Crippen LogP contribution is 2.30. The Kier molecular flexibility index (Phi) is 5.08. The number of carbonyl (C=O) groups excluding carboxylic acids is 1. The van der Waals surface area contributed by atoms with Crippen LogP contribution in [0.25, 0.3) is 0 Å². The predicted octanol–water partition coefficient (Wildman–Crippen LogP) is 3.78. The van der Waals surface area contributed by atoms with Crippen LogP contribution in [0.15, 0.2) is 18.2 Å². The number of ether oxygens (including phenoxy) is 1. The zero-order valence-electron chi connectivity index (χ0n) is 12.4. The molecule has 1 aliphatic rings. The third-order valence-electron chi connectivity index (χ3n) is 4.05. The molecule has 0 radical (unpaired) electrons. The molecular formula is C16H22BrNO2. The van der Waals surface area contributed by atoms with Crippen LogP contribution in [0.3, 0.4) is 0 Å². The first-order valence-electron chi connectivity index (χ1n) is 7.10. The maximum atomic E-state index is 12.7. The molecular weight excluding hydrogens is 318 g/mol. The van der Waals surface area contributed by atoms with E-state index < -0.39 is 0 Å². The Balaban J connectivity index is 2.23. The summed E-state index contributed by atoms with van der Waals surface area (Å²) in [5.74, 6) is 0.691. The van der Waals surface area contributed by atoms with Gasteiger partial charge in [0.15, 0.2) is 0 Å². The van der Waals surface area contributed by atoms with E-state index in [-0.39, 0.29) is 11.9 Å². The number of rotatable bonds is 3. The van der Waals surface area contributed by atoms with Crippen molar-refractivity contribution in [1.82, 2.24) is 4.90 Å². The summed E-state index contributed by atoms with van der Waals surface area (Å²) in [5.41, 5.74) is 1.72. The zero-order chi connectivity index (χ0) is 14.7. The van der Waals surface area contributed by atoms with Gasteiger partial charge in [-0.15, -0.1) is 0 Å². The van der Waals surface area contributed by atoms with E-state index in [0.717, 1.165) is 18.4 Å². The van der Waals surface area contributed by atoms with Crippen LogP contribution in [0.1, 0.15) is 41.6 Å². The average molecular weight is 340 g/mol. The summed E-state index contributed by atoms with van der Waals surface area (Å²) in [6.07, 6.45) is 4.62. The summed E-state index contributed by atoms with van der Waals surface area (Å²) >= 11 is 3.72. The molecule has 4 heteroatoms. The second kappa shape index (κ2) is 6.61. The molecule has 3 nitrogen and oxygen atoms in total. The molecule has 1 amide bonds. The number of methoxy groups -OCH3 is 1. The molecule has 0 heterocycles. The van der Waals surface area contributed by atoms with Gasteiger partial charge in [0.2, 0.25) is 0 Å². The second-order valence-electron chi connectivity index (χ2n) is 5.49. The average Bonchev–Trinajstić information content (AvgIpc) is 2.46. The molecule has 0 aromatic heterocycles. The minimum atomic E-state index is 0.0434. The fourth-order valence-electron chi connectivity index (χ4n) is 2.83. The zero-order valence-corrected chi connectivity index (χ0v) is 13.9. The van der Waals surface area contributed by atoms with Gasteiger partial charge in [-0.3, -0.25) is 4.79 Å². The first kappa shape index (κ1) is 15.4. The number of nitrogens with zero attached hydrogens (tertiary/aromatic N) is 1. The molecule has 1 saturated carbocycles. The summed E-state index contributed by atoms with van der Waals surface area (Å²) in [6, 6.07) is 6.00. The van der Waals surface area contributed by atoms with Gasteiger partial charge in [0, 0.05) is 17.9 Å². The van der Waals surface area contributed by atoms with Crippen LogP contribution in [-0.4, -0.2) is 35.8 Å². The van der Waals surface area contributed by atoms with Crippen molar-refractivity contribution in [2.75, 3.05) is 14.2 Å². The molecule has 0 bridgehead atoms. The fraction of sp³-hybridized carbons (Fsp3) is 0.562. The van der Waals surface area contributed by atoms with Gasteiger partial charge >= 0.3 is 0 Å². The number of benzene rings is 1. The number of carbonyl (C=O) groups is 1. The van der Waals surface area contributed by atoms with Gasteiger partial charge in [-0.1, -0.05) is 40.4 Å². The topological polar surface area (TPSA) is 29.5 Å². The first-order valence-corrected chi connectivity index (χ1v) is 8.02. The number of hydrogen-bond donors (Lipinski definition) is 0. The van der Waals surface area contributed by atoms with Gasteiger partial charge in [0.1, 0.15) is 5.75 Å². The van der Waals surface area contributed by atoms with Crippen molar-refractivity contribution in [1.29, 1.82) is 0 Å². The minimum Gasteiger partial charge on any atom is -0.496 e. The van der Waals surface area contributed by atoms with Crippen LogP contribution in [0.2, 0.25) is 0 Å². The number of alkyl halides is 1. The lowest BCUT2D eigenvalue weighted by Crippen LogP contribution is -2.44. The van der Waals surface area contributed by atoms with E-state index in [1.54, 1.807) is 7.11 Å². The highest BCUT2D eigenvalue weighted by molar-refractivity contribution is 9.09. The summed E-state index contributed by atoms with van der Waals surface area (Å²) in [6.45, 7) is 1.99. The molecule has 2 unspecified atom stereocenters. The van der Waals surface area contributed by atoms with E-state index in [1.165, 1.54) is 12.8 Å². The Morgan fingerprint density at radius 3 is 2.70 bits per heavy atom. The summed E-state index contributed by atoms with van der Waals surface area (Å²) in [5, 5.41) is 0. The van der Waals surface area contributed by atoms with Gasteiger partial charge in [0.05, 0.1) is 12.7 Å². The molecule has 110 valence electrons. The van der Waals surface area contributed by atoms with Crippen molar-refractivity contribution >= 4 is 21.8 Å². The van der Waals surface area contributed by atoms with Crippen molar-refractivity contribution in [2.24, 2.45) is 0 Å². The number of halogens is 1. The van der Waals surface area contributed by atoms with Crippen LogP contribution < -0.4 is 4.74 Å². The molecule has 1 fully saturated rings. The smallest absolute Gasteiger partial charge is 0.257 e. The molecule has 0 saturated heterocycles. The van der Waals surface area contributed by atoms with Crippen molar-refractivity contribution in [3.63, 3.8) is 0 Å². The second-order valence-corrected chi connectivity index (χ2v) is 6.66. The van der Waals surface area contributed by atoms with Crippen molar-refractivity contribution < 1.29 is 9.53 Å². The Morgan fingerprint density at radius 2 is 2.05 bits per heavy atom. The lowest BCUT2D eigenvalue weighted by atomic mass is 9.94. The number of amides is 1. The molecule has 1 aromatic carbocycles. The van der Waals surface area contributed by atoms with Gasteiger partial charge in [0.25, 0.3) is 5.91 Å². The fourth-order valence-corrected chi connectivity index (χ4v) is 3.77. The molecule has 20 heavy (non-hydrogen) atoms. The Hall–Kier alpha value is -1.03. The number of aryl methyl sites for hydroxylation is 1. The van der Waals surface area contributed by atoms with Crippen LogP contribution in [-0.2, 0) is 0 Å². The standard InChI is InChI=1S/C16H22BrNO2/c1-11-8-9-15(20-3)12(10-11)16(19)18(2)14-7-5-4-6-13(14)17/h8-10,13-14H,4-7H2,1-3H3. The number of hydrogen-bond acceptors (Lipinski definition) is 2. The maximum absolute atomic E-state index is 12.7. The normalized spacial score (nSPS) is 22.4. The molecule has 2 atom stereocenters.